The van der Waals surface area contributed by atoms with E-state index in [2.05, 4.69) is 10.3 Å². The summed E-state index contributed by atoms with van der Waals surface area (Å²) in [7, 11) is 0. The number of nitrogens with one attached hydrogen (secondary N) is 1. The number of ether oxygens (including phenoxy) is 2. The number of rotatable bonds is 6. The number of para-hydroxylation sites is 1. The summed E-state index contributed by atoms with van der Waals surface area (Å²) in [6.07, 6.45) is 0. The predicted molar refractivity (Wildman–Crippen MR) is 103 cm³/mol. The fourth-order valence-corrected chi connectivity index (χ4v) is 2.82. The van der Waals surface area contributed by atoms with Gasteiger partial charge < -0.3 is 14.8 Å². The number of pyridine rings is 1. The Morgan fingerprint density at radius 3 is 2.62 bits per heavy atom. The molecule has 3 rings (SSSR count). The van der Waals surface area contributed by atoms with Crippen LogP contribution in [0.25, 0.3) is 10.9 Å². The Balaban J connectivity index is 2.06. The van der Waals surface area contributed by atoms with Gasteiger partial charge in [0.15, 0.2) is 0 Å². The maximum absolute atomic E-state index is 12.2. The van der Waals surface area contributed by atoms with Gasteiger partial charge in [0.1, 0.15) is 5.75 Å². The zero-order valence-electron chi connectivity index (χ0n) is 15.2. The number of benzene rings is 2. The van der Waals surface area contributed by atoms with Crippen molar-refractivity contribution in [2.75, 3.05) is 18.5 Å². The minimum Gasteiger partial charge on any atom is -0.494 e. The number of anilines is 2. The molecule has 0 radical (unpaired) electrons. The first-order chi connectivity index (χ1) is 12.6. The van der Waals surface area contributed by atoms with E-state index in [1.165, 1.54) is 0 Å². The van der Waals surface area contributed by atoms with Crippen molar-refractivity contribution in [2.24, 2.45) is 0 Å². The Morgan fingerprint density at radius 2 is 1.85 bits per heavy atom. The molecule has 1 aromatic heterocycles. The van der Waals surface area contributed by atoms with Crippen LogP contribution in [0.2, 0.25) is 0 Å². The summed E-state index contributed by atoms with van der Waals surface area (Å²) in [5.41, 5.74) is 3.81. The van der Waals surface area contributed by atoms with Gasteiger partial charge in [0.05, 0.1) is 30.0 Å². The molecule has 0 aliphatic carbocycles. The van der Waals surface area contributed by atoms with E-state index < -0.39 is 0 Å². The van der Waals surface area contributed by atoms with Gasteiger partial charge >= 0.3 is 5.97 Å². The molecule has 0 saturated carbocycles. The number of esters is 1. The van der Waals surface area contributed by atoms with Crippen LogP contribution in [-0.4, -0.2) is 24.2 Å². The maximum atomic E-state index is 12.2. The Kier molecular flexibility index (Phi) is 5.37. The van der Waals surface area contributed by atoms with Crippen LogP contribution in [0.3, 0.4) is 0 Å². The lowest BCUT2D eigenvalue weighted by Crippen LogP contribution is -2.08. The van der Waals surface area contributed by atoms with Crippen LogP contribution in [0.5, 0.6) is 5.75 Å². The summed E-state index contributed by atoms with van der Waals surface area (Å²) in [5, 5.41) is 4.30. The van der Waals surface area contributed by atoms with E-state index >= 15 is 0 Å². The second-order valence-electron chi connectivity index (χ2n) is 5.81. The highest BCUT2D eigenvalue weighted by molar-refractivity contribution is 5.99. The van der Waals surface area contributed by atoms with E-state index in [4.69, 9.17) is 9.47 Å². The Hall–Kier alpha value is -3.08. The van der Waals surface area contributed by atoms with Gasteiger partial charge in [-0.2, -0.15) is 0 Å². The van der Waals surface area contributed by atoms with Crippen LogP contribution >= 0.6 is 0 Å². The Labute approximate surface area is 153 Å². The summed E-state index contributed by atoms with van der Waals surface area (Å²) in [6, 6.07) is 15.1. The molecular formula is C21H22N2O3. The van der Waals surface area contributed by atoms with Crippen molar-refractivity contribution >= 4 is 28.2 Å². The summed E-state index contributed by atoms with van der Waals surface area (Å²) >= 11 is 0. The highest BCUT2D eigenvalue weighted by Gasteiger charge is 2.14. The monoisotopic (exact) mass is 350 g/mol. The molecule has 0 bridgehead atoms. The third-order valence-corrected chi connectivity index (χ3v) is 3.91. The van der Waals surface area contributed by atoms with Gasteiger partial charge in [0, 0.05) is 16.8 Å². The summed E-state index contributed by atoms with van der Waals surface area (Å²) in [4.78, 5) is 16.8. The van der Waals surface area contributed by atoms with E-state index in [1.807, 2.05) is 56.3 Å². The topological polar surface area (TPSA) is 60.5 Å². The lowest BCUT2D eigenvalue weighted by atomic mass is 10.1. The number of aromatic nitrogens is 1. The fraction of sp³-hybridized carbons (Fsp3) is 0.238. The van der Waals surface area contributed by atoms with Crippen LogP contribution < -0.4 is 10.1 Å². The quantitative estimate of drug-likeness (QED) is 0.643. The largest absolute Gasteiger partial charge is 0.494 e. The van der Waals surface area contributed by atoms with Crippen molar-refractivity contribution in [1.82, 2.24) is 4.98 Å². The molecule has 0 atom stereocenters. The van der Waals surface area contributed by atoms with Gasteiger partial charge in [-0.25, -0.2) is 4.79 Å². The molecule has 3 aromatic rings. The predicted octanol–water partition coefficient (Wildman–Crippen LogP) is 4.86. The average molecular weight is 350 g/mol. The van der Waals surface area contributed by atoms with Gasteiger partial charge in [0.2, 0.25) is 0 Å². The van der Waals surface area contributed by atoms with Crippen LogP contribution in [0.1, 0.15) is 29.9 Å². The van der Waals surface area contributed by atoms with Crippen molar-refractivity contribution in [2.45, 2.75) is 20.8 Å². The molecule has 2 aromatic carbocycles. The molecule has 0 spiro atoms. The zero-order chi connectivity index (χ0) is 18.5. The van der Waals surface area contributed by atoms with E-state index in [0.717, 1.165) is 28.0 Å². The molecule has 1 heterocycles. The normalized spacial score (nSPS) is 10.6. The first-order valence-corrected chi connectivity index (χ1v) is 8.69. The third-order valence-electron chi connectivity index (χ3n) is 3.91. The van der Waals surface area contributed by atoms with Gasteiger partial charge in [-0.1, -0.05) is 12.1 Å². The highest BCUT2D eigenvalue weighted by atomic mass is 16.5. The molecule has 5 heteroatoms. The number of aryl methyl sites for hydroxylation is 1. The molecule has 0 aliphatic rings. The number of hydrogen-bond donors (Lipinski definition) is 1. The summed E-state index contributed by atoms with van der Waals surface area (Å²) < 4.78 is 10.8. The fourth-order valence-electron chi connectivity index (χ4n) is 2.82. The standard InChI is InChI=1S/C21H22N2O3/c1-4-25-15-10-11-19-17(13-15)20(12-14(3)22-19)23-18-9-7-6-8-16(18)21(24)26-5-2/h6-13H,4-5H2,1-3H3,(H,22,23). The van der Waals surface area contributed by atoms with E-state index in [-0.39, 0.29) is 5.97 Å². The molecule has 26 heavy (non-hydrogen) atoms. The summed E-state index contributed by atoms with van der Waals surface area (Å²) in [5.74, 6) is 0.438. The SMILES string of the molecule is CCOC(=O)c1ccccc1Nc1cc(C)nc2ccc(OCC)cc12. The van der Waals surface area contributed by atoms with E-state index in [1.54, 1.807) is 13.0 Å². The Bertz CT molecular complexity index is 938. The lowest BCUT2D eigenvalue weighted by molar-refractivity contribution is 0.0527. The molecule has 0 saturated heterocycles. The summed E-state index contributed by atoms with van der Waals surface area (Å²) in [6.45, 7) is 6.62. The van der Waals surface area contributed by atoms with E-state index in [0.29, 0.717) is 24.5 Å². The minimum absolute atomic E-state index is 0.335. The van der Waals surface area contributed by atoms with Crippen LogP contribution in [0.4, 0.5) is 11.4 Å². The second-order valence-corrected chi connectivity index (χ2v) is 5.81. The molecule has 0 amide bonds. The third kappa shape index (κ3) is 3.77. The molecule has 5 nitrogen and oxygen atoms in total. The molecular weight excluding hydrogens is 328 g/mol. The van der Waals surface area contributed by atoms with Gasteiger partial charge in [-0.15, -0.1) is 0 Å². The molecule has 0 fully saturated rings. The van der Waals surface area contributed by atoms with Gasteiger partial charge in [0.25, 0.3) is 0 Å². The molecule has 0 unspecified atom stereocenters. The number of carbonyl (C=O) groups is 1. The smallest absolute Gasteiger partial charge is 0.340 e. The molecule has 1 N–H and O–H groups in total. The van der Waals surface area contributed by atoms with Gasteiger partial charge in [-0.3, -0.25) is 4.98 Å². The van der Waals surface area contributed by atoms with Gasteiger partial charge in [-0.05, 0) is 57.2 Å². The Morgan fingerprint density at radius 1 is 1.04 bits per heavy atom. The van der Waals surface area contributed by atoms with Crippen molar-refractivity contribution < 1.29 is 14.3 Å². The molecule has 134 valence electrons. The van der Waals surface area contributed by atoms with Crippen molar-refractivity contribution in [3.8, 4) is 5.75 Å². The maximum Gasteiger partial charge on any atom is 0.340 e. The second kappa shape index (κ2) is 7.87. The van der Waals surface area contributed by atoms with E-state index in [9.17, 15) is 4.79 Å². The van der Waals surface area contributed by atoms with Crippen molar-refractivity contribution in [3.05, 3.63) is 59.8 Å². The van der Waals surface area contributed by atoms with Crippen LogP contribution in [-0.2, 0) is 4.74 Å². The number of carbonyl (C=O) groups excluding carboxylic acids is 1. The van der Waals surface area contributed by atoms with Crippen molar-refractivity contribution in [1.29, 1.82) is 0 Å². The van der Waals surface area contributed by atoms with Crippen LogP contribution in [0, 0.1) is 6.92 Å². The number of fused-ring (bicyclic) bond motifs is 1. The number of nitrogens with zero attached hydrogens (tertiary/aromatic N) is 1. The highest BCUT2D eigenvalue weighted by Crippen LogP contribution is 2.31. The first kappa shape index (κ1) is 17.7. The zero-order valence-corrected chi connectivity index (χ0v) is 15.2. The average Bonchev–Trinajstić information content (AvgIpc) is 2.63. The minimum atomic E-state index is -0.347. The molecule has 0 aliphatic heterocycles. The first-order valence-electron chi connectivity index (χ1n) is 8.69. The lowest BCUT2D eigenvalue weighted by Gasteiger charge is -2.14. The number of hydrogen-bond acceptors (Lipinski definition) is 5. The van der Waals surface area contributed by atoms with Crippen molar-refractivity contribution in [3.63, 3.8) is 0 Å². The van der Waals surface area contributed by atoms with Crippen LogP contribution in [0.15, 0.2) is 48.5 Å².